The van der Waals surface area contributed by atoms with Crippen LogP contribution >= 0.6 is 0 Å². The van der Waals surface area contributed by atoms with E-state index in [0.29, 0.717) is 6.61 Å². The first-order chi connectivity index (χ1) is 10.6. The van der Waals surface area contributed by atoms with Crippen LogP contribution in [0.3, 0.4) is 0 Å². The quantitative estimate of drug-likeness (QED) is 0.853. The molecule has 0 aliphatic carbocycles. The lowest BCUT2D eigenvalue weighted by molar-refractivity contribution is -0.138. The Morgan fingerprint density at radius 1 is 1.23 bits per heavy atom. The molecule has 0 bridgehead atoms. The Morgan fingerprint density at radius 3 is 2.64 bits per heavy atom. The Balaban J connectivity index is 1.84. The Labute approximate surface area is 133 Å². The summed E-state index contributed by atoms with van der Waals surface area (Å²) < 4.78 is 17.3. The number of rotatable bonds is 4. The summed E-state index contributed by atoms with van der Waals surface area (Å²) in [7, 11) is 1.74. The van der Waals surface area contributed by atoms with Crippen LogP contribution in [0.5, 0.6) is 5.75 Å². The minimum Gasteiger partial charge on any atom is -0.496 e. The zero-order valence-corrected chi connectivity index (χ0v) is 13.9. The van der Waals surface area contributed by atoms with E-state index < -0.39 is 5.79 Å². The molecule has 1 aromatic rings. The van der Waals surface area contributed by atoms with Gasteiger partial charge in [-0.05, 0) is 45.2 Å². The molecule has 3 rings (SSSR count). The molecule has 1 atom stereocenters. The minimum atomic E-state index is -0.474. The topological polar surface area (TPSA) is 30.9 Å². The van der Waals surface area contributed by atoms with Crippen LogP contribution in [-0.2, 0) is 15.9 Å². The summed E-state index contributed by atoms with van der Waals surface area (Å²) in [6.45, 7) is 6.85. The van der Waals surface area contributed by atoms with Gasteiger partial charge in [-0.1, -0.05) is 6.07 Å². The number of hydrogen-bond acceptors (Lipinski definition) is 4. The number of methoxy groups -OCH3 is 1. The summed E-state index contributed by atoms with van der Waals surface area (Å²) in [4.78, 5) is 2.49. The third kappa shape index (κ3) is 3.39. The van der Waals surface area contributed by atoms with Gasteiger partial charge in [-0.2, -0.15) is 0 Å². The van der Waals surface area contributed by atoms with Gasteiger partial charge in [0.1, 0.15) is 5.75 Å². The summed E-state index contributed by atoms with van der Waals surface area (Å²) >= 11 is 0. The molecular weight excluding hydrogens is 278 g/mol. The zero-order valence-electron chi connectivity index (χ0n) is 13.9. The molecule has 0 N–H and O–H groups in total. The number of hydrogen-bond donors (Lipinski definition) is 0. The molecule has 2 aliphatic rings. The second-order valence-electron chi connectivity index (χ2n) is 6.66. The van der Waals surface area contributed by atoms with Crippen molar-refractivity contribution >= 4 is 5.69 Å². The summed E-state index contributed by atoms with van der Waals surface area (Å²) in [5, 5.41) is 0. The summed E-state index contributed by atoms with van der Waals surface area (Å²) in [6.07, 6.45) is 4.80. The van der Waals surface area contributed by atoms with E-state index in [1.165, 1.54) is 30.5 Å². The van der Waals surface area contributed by atoms with E-state index >= 15 is 0 Å². The summed E-state index contributed by atoms with van der Waals surface area (Å²) in [5.74, 6) is 0.481. The fourth-order valence-electron chi connectivity index (χ4n) is 3.47. The molecule has 2 aliphatic heterocycles. The summed E-state index contributed by atoms with van der Waals surface area (Å²) in [5.41, 5.74) is 2.55. The van der Waals surface area contributed by atoms with Crippen molar-refractivity contribution < 1.29 is 14.2 Å². The fourth-order valence-corrected chi connectivity index (χ4v) is 3.47. The van der Waals surface area contributed by atoms with Crippen molar-refractivity contribution in [2.45, 2.75) is 51.4 Å². The van der Waals surface area contributed by atoms with Gasteiger partial charge in [0, 0.05) is 30.8 Å². The first-order valence-corrected chi connectivity index (χ1v) is 8.32. The molecule has 0 saturated carbocycles. The van der Waals surface area contributed by atoms with E-state index in [0.717, 1.165) is 25.3 Å². The number of anilines is 1. The van der Waals surface area contributed by atoms with Crippen molar-refractivity contribution in [2.75, 3.05) is 31.7 Å². The number of benzene rings is 1. The maximum absolute atomic E-state index is 6.00. The van der Waals surface area contributed by atoms with Gasteiger partial charge in [0.2, 0.25) is 0 Å². The van der Waals surface area contributed by atoms with E-state index in [1.54, 1.807) is 7.11 Å². The predicted octanol–water partition coefficient (Wildman–Crippen LogP) is 3.38. The SMILES string of the molecule is COc1cccc(N2CCCCC2)c1CC1COC(C)(C)O1. The maximum Gasteiger partial charge on any atom is 0.163 e. The van der Waals surface area contributed by atoms with E-state index in [2.05, 4.69) is 17.0 Å². The van der Waals surface area contributed by atoms with Crippen LogP contribution in [0, 0.1) is 0 Å². The van der Waals surface area contributed by atoms with Crippen LogP contribution in [0.4, 0.5) is 5.69 Å². The third-order valence-electron chi connectivity index (χ3n) is 4.52. The molecule has 2 heterocycles. The van der Waals surface area contributed by atoms with Gasteiger partial charge in [-0.25, -0.2) is 0 Å². The number of ether oxygens (including phenoxy) is 3. The lowest BCUT2D eigenvalue weighted by atomic mass is 10.0. The van der Waals surface area contributed by atoms with Crippen molar-refractivity contribution in [1.82, 2.24) is 0 Å². The van der Waals surface area contributed by atoms with Gasteiger partial charge < -0.3 is 19.1 Å². The van der Waals surface area contributed by atoms with E-state index in [1.807, 2.05) is 19.9 Å². The molecule has 1 unspecified atom stereocenters. The average molecular weight is 305 g/mol. The summed E-state index contributed by atoms with van der Waals surface area (Å²) in [6, 6.07) is 6.34. The first-order valence-electron chi connectivity index (χ1n) is 8.32. The Hall–Kier alpha value is -1.26. The molecule has 0 amide bonds. The molecule has 0 aromatic heterocycles. The molecule has 1 aromatic carbocycles. The van der Waals surface area contributed by atoms with Crippen molar-refractivity contribution in [3.8, 4) is 5.75 Å². The third-order valence-corrected chi connectivity index (χ3v) is 4.52. The average Bonchev–Trinajstić information content (AvgIpc) is 2.87. The van der Waals surface area contributed by atoms with Crippen molar-refractivity contribution in [1.29, 1.82) is 0 Å². The zero-order chi connectivity index (χ0) is 15.6. The molecule has 0 radical (unpaired) electrons. The van der Waals surface area contributed by atoms with Gasteiger partial charge in [0.05, 0.1) is 19.8 Å². The van der Waals surface area contributed by atoms with E-state index in [-0.39, 0.29) is 6.10 Å². The highest BCUT2D eigenvalue weighted by atomic mass is 16.7. The van der Waals surface area contributed by atoms with Gasteiger partial charge in [-0.3, -0.25) is 0 Å². The Morgan fingerprint density at radius 2 is 2.00 bits per heavy atom. The number of nitrogens with zero attached hydrogens (tertiary/aromatic N) is 1. The van der Waals surface area contributed by atoms with Crippen LogP contribution < -0.4 is 9.64 Å². The molecular formula is C18H27NO3. The Bertz CT molecular complexity index is 509. The van der Waals surface area contributed by atoms with E-state index in [4.69, 9.17) is 14.2 Å². The highest BCUT2D eigenvalue weighted by molar-refractivity contribution is 5.60. The molecule has 4 nitrogen and oxygen atoms in total. The van der Waals surface area contributed by atoms with Crippen LogP contribution in [0.15, 0.2) is 18.2 Å². The van der Waals surface area contributed by atoms with Crippen LogP contribution in [0.2, 0.25) is 0 Å². The van der Waals surface area contributed by atoms with Crippen LogP contribution in [0.1, 0.15) is 38.7 Å². The van der Waals surface area contributed by atoms with Crippen molar-refractivity contribution in [3.63, 3.8) is 0 Å². The molecule has 4 heteroatoms. The van der Waals surface area contributed by atoms with E-state index in [9.17, 15) is 0 Å². The Kier molecular flexibility index (Phi) is 4.59. The fraction of sp³-hybridized carbons (Fsp3) is 0.667. The highest BCUT2D eigenvalue weighted by Gasteiger charge is 2.34. The highest BCUT2D eigenvalue weighted by Crippen LogP contribution is 2.34. The normalized spacial score (nSPS) is 24.5. The molecule has 22 heavy (non-hydrogen) atoms. The second-order valence-corrected chi connectivity index (χ2v) is 6.66. The van der Waals surface area contributed by atoms with Gasteiger partial charge in [0.15, 0.2) is 5.79 Å². The monoisotopic (exact) mass is 305 g/mol. The van der Waals surface area contributed by atoms with Crippen LogP contribution in [0.25, 0.3) is 0 Å². The second kappa shape index (κ2) is 6.47. The molecule has 0 spiro atoms. The number of piperidine rings is 1. The predicted molar refractivity (Wildman–Crippen MR) is 87.7 cm³/mol. The molecule has 122 valence electrons. The standard InChI is InChI=1S/C18H27NO3/c1-18(2)21-13-14(22-18)12-15-16(8-7-9-17(15)20-3)19-10-5-4-6-11-19/h7-9,14H,4-6,10-13H2,1-3H3. The van der Waals surface area contributed by atoms with Gasteiger partial charge >= 0.3 is 0 Å². The largest absolute Gasteiger partial charge is 0.496 e. The van der Waals surface area contributed by atoms with Crippen molar-refractivity contribution in [3.05, 3.63) is 23.8 Å². The molecule has 2 saturated heterocycles. The minimum absolute atomic E-state index is 0.0924. The maximum atomic E-state index is 6.00. The smallest absolute Gasteiger partial charge is 0.163 e. The van der Waals surface area contributed by atoms with Gasteiger partial charge in [0.25, 0.3) is 0 Å². The molecule has 2 fully saturated rings. The van der Waals surface area contributed by atoms with Gasteiger partial charge in [-0.15, -0.1) is 0 Å². The van der Waals surface area contributed by atoms with Crippen LogP contribution in [-0.4, -0.2) is 38.7 Å². The lowest BCUT2D eigenvalue weighted by Gasteiger charge is -2.31. The van der Waals surface area contributed by atoms with Crippen molar-refractivity contribution in [2.24, 2.45) is 0 Å². The lowest BCUT2D eigenvalue weighted by Crippen LogP contribution is -2.31. The first kappa shape index (κ1) is 15.6.